The molecule has 1 aromatic rings. The van der Waals surface area contributed by atoms with E-state index < -0.39 is 11.9 Å². The van der Waals surface area contributed by atoms with E-state index in [4.69, 9.17) is 16.7 Å². The molecule has 0 radical (unpaired) electrons. The first-order chi connectivity index (χ1) is 6.25. The molecule has 0 heterocycles. The molecule has 1 N–H and O–H groups in total. The molecule has 0 aliphatic heterocycles. The minimum absolute atomic E-state index is 0.367. The van der Waals surface area contributed by atoms with Crippen LogP contribution in [0.25, 0.3) is 0 Å². The Morgan fingerprint density at radius 2 is 2.00 bits per heavy atom. The molecular weight excluding hydrogens is 188 g/mol. The molecule has 0 saturated carbocycles. The Hall–Kier alpha value is -1.02. The second kappa shape index (κ2) is 4.87. The largest absolute Gasteiger partial charge is 0.481 e. The summed E-state index contributed by atoms with van der Waals surface area (Å²) in [6.07, 6.45) is 0.473. The molecule has 0 amide bonds. The summed E-state index contributed by atoms with van der Waals surface area (Å²) in [7, 11) is 0. The highest BCUT2D eigenvalue weighted by Gasteiger charge is 2.18. The summed E-state index contributed by atoms with van der Waals surface area (Å²) in [6.45, 7) is 0. The van der Waals surface area contributed by atoms with Gasteiger partial charge in [-0.15, -0.1) is 11.6 Å². The molecular formula is C10H11ClO2. The van der Waals surface area contributed by atoms with E-state index >= 15 is 0 Å². The van der Waals surface area contributed by atoms with Gasteiger partial charge in [-0.2, -0.15) is 0 Å². The number of aliphatic carboxylic acids is 1. The molecule has 1 aromatic carbocycles. The lowest BCUT2D eigenvalue weighted by Crippen LogP contribution is -2.11. The fraction of sp³-hybridized carbons (Fsp3) is 0.300. The number of hydrogen-bond donors (Lipinski definition) is 1. The van der Waals surface area contributed by atoms with E-state index in [1.807, 2.05) is 30.3 Å². The van der Waals surface area contributed by atoms with Gasteiger partial charge in [0.05, 0.1) is 5.92 Å². The number of rotatable bonds is 4. The van der Waals surface area contributed by atoms with Gasteiger partial charge in [0, 0.05) is 5.88 Å². The molecule has 0 saturated heterocycles. The SMILES string of the molecule is O=C(O)[C@@H](CCCl)c1ccccc1. The lowest BCUT2D eigenvalue weighted by atomic mass is 9.97. The Balaban J connectivity index is 2.82. The van der Waals surface area contributed by atoms with E-state index in [2.05, 4.69) is 0 Å². The van der Waals surface area contributed by atoms with E-state index in [0.717, 1.165) is 5.56 Å². The van der Waals surface area contributed by atoms with Crippen LogP contribution in [0.2, 0.25) is 0 Å². The van der Waals surface area contributed by atoms with E-state index in [1.54, 1.807) is 0 Å². The molecule has 3 heteroatoms. The van der Waals surface area contributed by atoms with Gasteiger partial charge >= 0.3 is 5.97 Å². The van der Waals surface area contributed by atoms with Gasteiger partial charge in [-0.25, -0.2) is 0 Å². The maximum absolute atomic E-state index is 10.8. The molecule has 0 fully saturated rings. The Kier molecular flexibility index (Phi) is 3.77. The molecule has 0 bridgehead atoms. The van der Waals surface area contributed by atoms with Crippen LogP contribution in [0.4, 0.5) is 0 Å². The fourth-order valence-electron chi connectivity index (χ4n) is 1.23. The van der Waals surface area contributed by atoms with Crippen molar-refractivity contribution in [2.45, 2.75) is 12.3 Å². The first-order valence-electron chi connectivity index (χ1n) is 4.09. The lowest BCUT2D eigenvalue weighted by Gasteiger charge is -2.09. The van der Waals surface area contributed by atoms with Crippen LogP contribution in [0, 0.1) is 0 Å². The second-order valence-electron chi connectivity index (χ2n) is 2.78. The molecule has 70 valence electrons. The topological polar surface area (TPSA) is 37.3 Å². The van der Waals surface area contributed by atoms with Gasteiger partial charge in [0.2, 0.25) is 0 Å². The van der Waals surface area contributed by atoms with Crippen LogP contribution in [0.15, 0.2) is 30.3 Å². The van der Waals surface area contributed by atoms with Crippen molar-refractivity contribution in [2.75, 3.05) is 5.88 Å². The summed E-state index contributed by atoms with van der Waals surface area (Å²) >= 11 is 5.53. The Labute approximate surface area is 82.2 Å². The van der Waals surface area contributed by atoms with Gasteiger partial charge in [0.25, 0.3) is 0 Å². The summed E-state index contributed by atoms with van der Waals surface area (Å²) in [5, 5.41) is 8.90. The van der Waals surface area contributed by atoms with Crippen molar-refractivity contribution in [3.8, 4) is 0 Å². The molecule has 0 unspecified atom stereocenters. The minimum atomic E-state index is -0.813. The predicted molar refractivity (Wildman–Crippen MR) is 52.2 cm³/mol. The number of hydrogen-bond acceptors (Lipinski definition) is 1. The molecule has 1 atom stereocenters. The molecule has 0 aromatic heterocycles. The number of alkyl halides is 1. The van der Waals surface area contributed by atoms with Crippen LogP contribution in [0.3, 0.4) is 0 Å². The highest BCUT2D eigenvalue weighted by molar-refractivity contribution is 6.18. The van der Waals surface area contributed by atoms with Crippen LogP contribution in [0.5, 0.6) is 0 Å². The standard InChI is InChI=1S/C10H11ClO2/c11-7-6-9(10(12)13)8-4-2-1-3-5-8/h1-5,9H,6-7H2,(H,12,13)/t9-/m0/s1. The van der Waals surface area contributed by atoms with Crippen molar-refractivity contribution in [1.29, 1.82) is 0 Å². The zero-order valence-corrected chi connectivity index (χ0v) is 7.87. The maximum Gasteiger partial charge on any atom is 0.311 e. The Morgan fingerprint density at radius 1 is 1.38 bits per heavy atom. The van der Waals surface area contributed by atoms with Crippen LogP contribution in [0.1, 0.15) is 17.9 Å². The number of benzene rings is 1. The number of carbonyl (C=O) groups is 1. The third kappa shape index (κ3) is 2.74. The Morgan fingerprint density at radius 3 is 2.46 bits per heavy atom. The van der Waals surface area contributed by atoms with Crippen molar-refractivity contribution >= 4 is 17.6 Å². The van der Waals surface area contributed by atoms with Gasteiger partial charge in [-0.1, -0.05) is 30.3 Å². The monoisotopic (exact) mass is 198 g/mol. The van der Waals surface area contributed by atoms with Gasteiger partial charge in [-0.3, -0.25) is 4.79 Å². The van der Waals surface area contributed by atoms with Crippen molar-refractivity contribution < 1.29 is 9.90 Å². The molecule has 2 nitrogen and oxygen atoms in total. The van der Waals surface area contributed by atoms with Crippen LogP contribution in [-0.4, -0.2) is 17.0 Å². The average molecular weight is 199 g/mol. The predicted octanol–water partition coefficient (Wildman–Crippen LogP) is 2.48. The van der Waals surface area contributed by atoms with Crippen molar-refractivity contribution in [3.63, 3.8) is 0 Å². The summed E-state index contributed by atoms with van der Waals surface area (Å²) in [6, 6.07) is 9.15. The van der Waals surface area contributed by atoms with Crippen molar-refractivity contribution in [3.05, 3.63) is 35.9 Å². The summed E-state index contributed by atoms with van der Waals surface area (Å²) in [5.41, 5.74) is 0.815. The van der Waals surface area contributed by atoms with E-state index in [-0.39, 0.29) is 0 Å². The van der Waals surface area contributed by atoms with E-state index in [0.29, 0.717) is 12.3 Å². The summed E-state index contributed by atoms with van der Waals surface area (Å²) in [5.74, 6) is -0.920. The zero-order chi connectivity index (χ0) is 9.68. The zero-order valence-electron chi connectivity index (χ0n) is 7.11. The van der Waals surface area contributed by atoms with Crippen molar-refractivity contribution in [1.82, 2.24) is 0 Å². The normalized spacial score (nSPS) is 12.4. The van der Waals surface area contributed by atoms with Gasteiger partial charge in [0.1, 0.15) is 0 Å². The van der Waals surface area contributed by atoms with E-state index in [1.165, 1.54) is 0 Å². The molecule has 1 rings (SSSR count). The lowest BCUT2D eigenvalue weighted by molar-refractivity contribution is -0.138. The molecule has 0 aliphatic rings. The van der Waals surface area contributed by atoms with Gasteiger partial charge in [-0.05, 0) is 12.0 Å². The second-order valence-corrected chi connectivity index (χ2v) is 3.16. The number of carboxylic acid groups (broad SMARTS) is 1. The van der Waals surface area contributed by atoms with Crippen LogP contribution in [-0.2, 0) is 4.79 Å². The minimum Gasteiger partial charge on any atom is -0.481 e. The first kappa shape index (κ1) is 10.1. The quantitative estimate of drug-likeness (QED) is 0.755. The molecule has 13 heavy (non-hydrogen) atoms. The highest BCUT2D eigenvalue weighted by atomic mass is 35.5. The van der Waals surface area contributed by atoms with Gasteiger partial charge in [0.15, 0.2) is 0 Å². The van der Waals surface area contributed by atoms with Gasteiger partial charge < -0.3 is 5.11 Å². The third-order valence-corrected chi connectivity index (χ3v) is 2.12. The maximum atomic E-state index is 10.8. The summed E-state index contributed by atoms with van der Waals surface area (Å²) < 4.78 is 0. The molecule has 0 aliphatic carbocycles. The highest BCUT2D eigenvalue weighted by Crippen LogP contribution is 2.19. The first-order valence-corrected chi connectivity index (χ1v) is 4.63. The van der Waals surface area contributed by atoms with Crippen molar-refractivity contribution in [2.24, 2.45) is 0 Å². The third-order valence-electron chi connectivity index (χ3n) is 1.90. The molecule has 0 spiro atoms. The van der Waals surface area contributed by atoms with Crippen LogP contribution < -0.4 is 0 Å². The van der Waals surface area contributed by atoms with Crippen LogP contribution >= 0.6 is 11.6 Å². The average Bonchev–Trinajstić information content (AvgIpc) is 2.15. The van der Waals surface area contributed by atoms with E-state index in [9.17, 15) is 4.79 Å². The summed E-state index contributed by atoms with van der Waals surface area (Å²) in [4.78, 5) is 10.8. The Bertz CT molecular complexity index is 272. The number of carboxylic acids is 1. The fourth-order valence-corrected chi connectivity index (χ4v) is 1.45. The number of halogens is 1. The smallest absolute Gasteiger partial charge is 0.311 e.